The molecule has 1 heteroatoms. The third-order valence-corrected chi connectivity index (χ3v) is 3.89. The molecule has 0 heterocycles. The van der Waals surface area contributed by atoms with E-state index in [1.165, 1.54) is 0 Å². The summed E-state index contributed by atoms with van der Waals surface area (Å²) in [5.41, 5.74) is 0.536. The molecule has 1 N–H and O–H groups in total. The van der Waals surface area contributed by atoms with Crippen LogP contribution in [0.4, 0.5) is 0 Å². The fourth-order valence-corrected chi connectivity index (χ4v) is 2.08. The summed E-state index contributed by atoms with van der Waals surface area (Å²) >= 11 is 0. The van der Waals surface area contributed by atoms with Gasteiger partial charge in [0.2, 0.25) is 0 Å². The van der Waals surface area contributed by atoms with Crippen LogP contribution in [-0.4, -0.2) is 11.2 Å². The first-order chi connectivity index (χ1) is 6.96. The maximum absolute atomic E-state index is 10.3. The second-order valence-electron chi connectivity index (χ2n) is 7.66. The van der Waals surface area contributed by atoms with E-state index in [0.717, 1.165) is 12.8 Å². The first-order valence-corrected chi connectivity index (χ1v) is 6.64. The van der Waals surface area contributed by atoms with Crippen LogP contribution in [0.15, 0.2) is 0 Å². The third kappa shape index (κ3) is 5.89. The summed E-state index contributed by atoms with van der Waals surface area (Å²) in [5.74, 6) is 1.00. The molecule has 0 saturated carbocycles. The highest BCUT2D eigenvalue weighted by molar-refractivity contribution is 4.80. The Hall–Kier alpha value is -0.0400. The molecule has 98 valence electrons. The molecule has 0 aliphatic carbocycles. The Bertz CT molecular complexity index is 198. The van der Waals surface area contributed by atoms with Crippen molar-refractivity contribution in [2.45, 2.75) is 74.3 Å². The second-order valence-corrected chi connectivity index (χ2v) is 7.66. The summed E-state index contributed by atoms with van der Waals surface area (Å²) in [5, 5.41) is 10.3. The Morgan fingerprint density at radius 2 is 1.31 bits per heavy atom. The zero-order chi connectivity index (χ0) is 13.1. The summed E-state index contributed by atoms with van der Waals surface area (Å²) in [7, 11) is 0. The van der Waals surface area contributed by atoms with E-state index < -0.39 is 0 Å². The molecule has 0 aromatic heterocycles. The van der Waals surface area contributed by atoms with Gasteiger partial charge in [0.05, 0.1) is 6.10 Å². The number of rotatable bonds is 5. The molecular formula is C15H32O. The quantitative estimate of drug-likeness (QED) is 0.735. The van der Waals surface area contributed by atoms with Gasteiger partial charge in [-0.05, 0) is 35.5 Å². The second kappa shape index (κ2) is 5.53. The highest BCUT2D eigenvalue weighted by Gasteiger charge is 2.29. The minimum absolute atomic E-state index is 0.170. The maximum Gasteiger partial charge on any atom is 0.0571 e. The molecule has 16 heavy (non-hydrogen) atoms. The van der Waals surface area contributed by atoms with Crippen molar-refractivity contribution in [2.24, 2.45) is 22.7 Å². The normalized spacial score (nSPS) is 17.6. The predicted molar refractivity (Wildman–Crippen MR) is 72.5 cm³/mol. The minimum Gasteiger partial charge on any atom is -0.393 e. The van der Waals surface area contributed by atoms with E-state index in [9.17, 15) is 5.11 Å². The lowest BCUT2D eigenvalue weighted by molar-refractivity contribution is 0.0360. The lowest BCUT2D eigenvalue weighted by atomic mass is 9.73. The SMILES string of the molecule is CC(CC(C)(C)C)C(O)CC(C)(C)C(C)C. The highest BCUT2D eigenvalue weighted by atomic mass is 16.3. The average Bonchev–Trinajstić information content (AvgIpc) is 1.99. The molecule has 0 aliphatic rings. The molecule has 0 bridgehead atoms. The Morgan fingerprint density at radius 3 is 1.62 bits per heavy atom. The molecule has 2 atom stereocenters. The van der Waals surface area contributed by atoms with Crippen LogP contribution in [0.1, 0.15) is 68.2 Å². The molecular weight excluding hydrogens is 196 g/mol. The Kier molecular flexibility index (Phi) is 5.52. The van der Waals surface area contributed by atoms with Crippen LogP contribution in [0.2, 0.25) is 0 Å². The molecule has 0 spiro atoms. The van der Waals surface area contributed by atoms with Crippen molar-refractivity contribution >= 4 is 0 Å². The van der Waals surface area contributed by atoms with Crippen LogP contribution >= 0.6 is 0 Å². The van der Waals surface area contributed by atoms with Gasteiger partial charge in [-0.3, -0.25) is 0 Å². The van der Waals surface area contributed by atoms with E-state index in [2.05, 4.69) is 55.4 Å². The summed E-state index contributed by atoms with van der Waals surface area (Å²) in [6.45, 7) is 17.9. The van der Waals surface area contributed by atoms with E-state index in [0.29, 0.717) is 17.3 Å². The predicted octanol–water partition coefficient (Wildman–Crippen LogP) is 4.49. The fourth-order valence-electron chi connectivity index (χ4n) is 2.08. The largest absolute Gasteiger partial charge is 0.393 e. The number of aliphatic hydroxyl groups excluding tert-OH is 1. The van der Waals surface area contributed by atoms with Crippen molar-refractivity contribution < 1.29 is 5.11 Å². The lowest BCUT2D eigenvalue weighted by Gasteiger charge is -2.35. The van der Waals surface area contributed by atoms with Crippen LogP contribution < -0.4 is 0 Å². The van der Waals surface area contributed by atoms with Gasteiger partial charge in [-0.2, -0.15) is 0 Å². The molecule has 0 fully saturated rings. The minimum atomic E-state index is -0.170. The van der Waals surface area contributed by atoms with Crippen molar-refractivity contribution in [1.29, 1.82) is 0 Å². The molecule has 1 nitrogen and oxygen atoms in total. The summed E-state index contributed by atoms with van der Waals surface area (Å²) in [6, 6.07) is 0. The smallest absolute Gasteiger partial charge is 0.0571 e. The molecule has 0 aromatic carbocycles. The summed E-state index contributed by atoms with van der Waals surface area (Å²) < 4.78 is 0. The molecule has 0 saturated heterocycles. The van der Waals surface area contributed by atoms with Crippen LogP contribution in [0.25, 0.3) is 0 Å². The van der Waals surface area contributed by atoms with Gasteiger partial charge in [0, 0.05) is 0 Å². The maximum atomic E-state index is 10.3. The number of hydrogen-bond donors (Lipinski definition) is 1. The molecule has 0 aliphatic heterocycles. The zero-order valence-corrected chi connectivity index (χ0v) is 12.6. The summed E-state index contributed by atoms with van der Waals surface area (Å²) in [4.78, 5) is 0. The fraction of sp³-hybridized carbons (Fsp3) is 1.00. The van der Waals surface area contributed by atoms with Crippen LogP contribution in [0, 0.1) is 22.7 Å². The van der Waals surface area contributed by atoms with E-state index in [4.69, 9.17) is 0 Å². The van der Waals surface area contributed by atoms with Gasteiger partial charge >= 0.3 is 0 Å². The van der Waals surface area contributed by atoms with Gasteiger partial charge in [-0.1, -0.05) is 55.4 Å². The average molecular weight is 228 g/mol. The molecule has 0 amide bonds. The van der Waals surface area contributed by atoms with Gasteiger partial charge in [0.15, 0.2) is 0 Å². The van der Waals surface area contributed by atoms with E-state index in [1.54, 1.807) is 0 Å². The zero-order valence-electron chi connectivity index (χ0n) is 12.6. The molecule has 0 rings (SSSR count). The van der Waals surface area contributed by atoms with Crippen molar-refractivity contribution in [3.05, 3.63) is 0 Å². The van der Waals surface area contributed by atoms with Gasteiger partial charge in [0.1, 0.15) is 0 Å². The van der Waals surface area contributed by atoms with Crippen LogP contribution in [0.3, 0.4) is 0 Å². The Labute approximate surface area is 103 Å². The van der Waals surface area contributed by atoms with Gasteiger partial charge < -0.3 is 5.11 Å². The van der Waals surface area contributed by atoms with Gasteiger partial charge in [0.25, 0.3) is 0 Å². The van der Waals surface area contributed by atoms with Gasteiger partial charge in [-0.25, -0.2) is 0 Å². The first-order valence-electron chi connectivity index (χ1n) is 6.64. The Balaban J connectivity index is 4.31. The van der Waals surface area contributed by atoms with Crippen molar-refractivity contribution in [3.63, 3.8) is 0 Å². The Morgan fingerprint density at radius 1 is 0.875 bits per heavy atom. The first kappa shape index (κ1) is 16.0. The van der Waals surface area contributed by atoms with Gasteiger partial charge in [-0.15, -0.1) is 0 Å². The van der Waals surface area contributed by atoms with E-state index in [1.807, 2.05) is 0 Å². The third-order valence-electron chi connectivity index (χ3n) is 3.89. The number of aliphatic hydroxyl groups is 1. The van der Waals surface area contributed by atoms with Crippen molar-refractivity contribution in [2.75, 3.05) is 0 Å². The lowest BCUT2D eigenvalue weighted by Crippen LogP contribution is -2.31. The molecule has 2 unspecified atom stereocenters. The highest BCUT2D eigenvalue weighted by Crippen LogP contribution is 2.35. The van der Waals surface area contributed by atoms with E-state index >= 15 is 0 Å². The molecule has 0 radical (unpaired) electrons. The van der Waals surface area contributed by atoms with Crippen LogP contribution in [0.5, 0.6) is 0 Å². The topological polar surface area (TPSA) is 20.2 Å². The monoisotopic (exact) mass is 228 g/mol. The number of hydrogen-bond acceptors (Lipinski definition) is 1. The van der Waals surface area contributed by atoms with Crippen molar-refractivity contribution in [1.82, 2.24) is 0 Å². The standard InChI is InChI=1S/C15H32O/c1-11(2)15(7,8)10-13(16)12(3)9-14(4,5)6/h11-13,16H,9-10H2,1-8H3. The van der Waals surface area contributed by atoms with E-state index in [-0.39, 0.29) is 11.5 Å². The summed E-state index contributed by atoms with van der Waals surface area (Å²) in [6.07, 6.45) is 1.82. The van der Waals surface area contributed by atoms with Crippen LogP contribution in [-0.2, 0) is 0 Å². The van der Waals surface area contributed by atoms with Crippen molar-refractivity contribution in [3.8, 4) is 0 Å². The molecule has 0 aromatic rings.